The summed E-state index contributed by atoms with van der Waals surface area (Å²) < 4.78 is 16.5. The summed E-state index contributed by atoms with van der Waals surface area (Å²) in [6, 6.07) is 5.06. The second-order valence-electron chi connectivity index (χ2n) is 3.65. The summed E-state index contributed by atoms with van der Waals surface area (Å²) in [5.41, 5.74) is 0.0264. The van der Waals surface area contributed by atoms with Gasteiger partial charge in [0, 0.05) is 14.2 Å². The molecule has 1 unspecified atom stereocenters. The van der Waals surface area contributed by atoms with Crippen LogP contribution in [0.3, 0.4) is 0 Å². The molecule has 1 N–H and O–H groups in total. The Morgan fingerprint density at radius 1 is 1.42 bits per heavy atom. The molecule has 2 amide bonds. The number of benzene rings is 1. The van der Waals surface area contributed by atoms with Crippen LogP contribution in [0.25, 0.3) is 0 Å². The second kappa shape index (κ2) is 6.61. The standard InChI is InChI=1S/C11H12Cl3FN2O2/c1-17(9(19-2)11(12,13)14)10(18)16-8-6-4-3-5-7(8)15/h3-6,9H,1-2H3,(H,16,18). The van der Waals surface area contributed by atoms with Gasteiger partial charge in [0.05, 0.1) is 5.69 Å². The zero-order chi connectivity index (χ0) is 14.6. The molecule has 4 nitrogen and oxygen atoms in total. The summed E-state index contributed by atoms with van der Waals surface area (Å²) in [5, 5.41) is 2.35. The number of nitrogens with zero attached hydrogens (tertiary/aromatic N) is 1. The average Bonchev–Trinajstić information content (AvgIpc) is 2.31. The van der Waals surface area contributed by atoms with Crippen LogP contribution in [-0.2, 0) is 4.74 Å². The van der Waals surface area contributed by atoms with Gasteiger partial charge >= 0.3 is 6.03 Å². The van der Waals surface area contributed by atoms with Crippen LogP contribution in [0.1, 0.15) is 0 Å². The maximum Gasteiger partial charge on any atom is 0.323 e. The molecule has 0 spiro atoms. The molecule has 1 rings (SSSR count). The molecule has 0 heterocycles. The Balaban J connectivity index is 2.81. The molecule has 0 saturated carbocycles. The SMILES string of the molecule is COC(N(C)C(=O)Nc1ccccc1F)C(Cl)(Cl)Cl. The quantitative estimate of drug-likeness (QED) is 0.679. The minimum atomic E-state index is -1.82. The van der Waals surface area contributed by atoms with Crippen LogP contribution in [0.4, 0.5) is 14.9 Å². The smallest absolute Gasteiger partial charge is 0.323 e. The normalized spacial score (nSPS) is 12.9. The second-order valence-corrected chi connectivity index (χ2v) is 6.02. The van der Waals surface area contributed by atoms with Crippen molar-refractivity contribution in [1.29, 1.82) is 0 Å². The predicted molar refractivity (Wildman–Crippen MR) is 74.3 cm³/mol. The Morgan fingerprint density at radius 3 is 2.47 bits per heavy atom. The van der Waals surface area contributed by atoms with Crippen molar-refractivity contribution in [2.75, 3.05) is 19.5 Å². The van der Waals surface area contributed by atoms with Gasteiger partial charge in [0.1, 0.15) is 5.82 Å². The van der Waals surface area contributed by atoms with Gasteiger partial charge in [-0.1, -0.05) is 46.9 Å². The van der Waals surface area contributed by atoms with E-state index in [0.29, 0.717) is 0 Å². The zero-order valence-electron chi connectivity index (χ0n) is 10.2. The number of alkyl halides is 3. The Hall–Kier alpha value is -0.750. The van der Waals surface area contributed by atoms with Crippen molar-refractivity contribution < 1.29 is 13.9 Å². The van der Waals surface area contributed by atoms with E-state index in [-0.39, 0.29) is 5.69 Å². The van der Waals surface area contributed by atoms with E-state index in [9.17, 15) is 9.18 Å². The number of halogens is 4. The molecule has 19 heavy (non-hydrogen) atoms. The van der Waals surface area contributed by atoms with E-state index in [1.165, 1.54) is 32.4 Å². The van der Waals surface area contributed by atoms with E-state index in [4.69, 9.17) is 39.5 Å². The lowest BCUT2D eigenvalue weighted by Gasteiger charge is -2.31. The lowest BCUT2D eigenvalue weighted by Crippen LogP contribution is -2.48. The highest BCUT2D eigenvalue weighted by Gasteiger charge is 2.38. The summed E-state index contributed by atoms with van der Waals surface area (Å²) in [4.78, 5) is 12.9. The molecule has 0 radical (unpaired) electrons. The number of carbonyl (C=O) groups is 1. The van der Waals surface area contributed by atoms with Gasteiger partial charge < -0.3 is 10.1 Å². The van der Waals surface area contributed by atoms with Crippen LogP contribution in [-0.4, -0.2) is 35.1 Å². The molecule has 106 valence electrons. The van der Waals surface area contributed by atoms with Gasteiger partial charge in [-0.2, -0.15) is 0 Å². The zero-order valence-corrected chi connectivity index (χ0v) is 12.4. The van der Waals surface area contributed by atoms with Crippen LogP contribution in [0.2, 0.25) is 0 Å². The maximum absolute atomic E-state index is 13.4. The molecule has 0 aliphatic carbocycles. The number of carbonyl (C=O) groups excluding carboxylic acids is 1. The van der Waals surface area contributed by atoms with Gasteiger partial charge in [-0.25, -0.2) is 9.18 Å². The third kappa shape index (κ3) is 4.38. The van der Waals surface area contributed by atoms with Crippen LogP contribution in [0.15, 0.2) is 24.3 Å². The third-order valence-corrected chi connectivity index (χ3v) is 2.85. The van der Waals surface area contributed by atoms with E-state index in [2.05, 4.69) is 5.32 Å². The Kier molecular flexibility index (Phi) is 5.67. The first kappa shape index (κ1) is 16.3. The fourth-order valence-electron chi connectivity index (χ4n) is 1.38. The molecular formula is C11H12Cl3FN2O2. The first-order valence-corrected chi connectivity index (χ1v) is 6.28. The summed E-state index contributed by atoms with van der Waals surface area (Å²) >= 11 is 17.0. The Morgan fingerprint density at radius 2 is 2.00 bits per heavy atom. The molecule has 1 aromatic rings. The van der Waals surface area contributed by atoms with E-state index < -0.39 is 21.9 Å². The summed E-state index contributed by atoms with van der Waals surface area (Å²) in [6.07, 6.45) is -1.11. The number of anilines is 1. The number of amides is 2. The van der Waals surface area contributed by atoms with Crippen molar-refractivity contribution >= 4 is 46.5 Å². The van der Waals surface area contributed by atoms with E-state index >= 15 is 0 Å². The molecule has 0 fully saturated rings. The van der Waals surface area contributed by atoms with Crippen LogP contribution >= 0.6 is 34.8 Å². The highest BCUT2D eigenvalue weighted by atomic mass is 35.6. The average molecular weight is 330 g/mol. The molecular weight excluding hydrogens is 317 g/mol. The fraction of sp³-hybridized carbons (Fsp3) is 0.364. The first-order valence-electron chi connectivity index (χ1n) is 5.15. The monoisotopic (exact) mass is 328 g/mol. The summed E-state index contributed by atoms with van der Waals surface area (Å²) in [5.74, 6) is -0.563. The molecule has 0 aromatic heterocycles. The topological polar surface area (TPSA) is 41.6 Å². The van der Waals surface area contributed by atoms with Crippen LogP contribution < -0.4 is 5.32 Å². The van der Waals surface area contributed by atoms with Gasteiger partial charge in [-0.15, -0.1) is 0 Å². The Bertz CT molecular complexity index is 454. The number of urea groups is 1. The predicted octanol–water partition coefficient (Wildman–Crippen LogP) is 3.63. The van der Waals surface area contributed by atoms with Crippen molar-refractivity contribution in [3.63, 3.8) is 0 Å². The van der Waals surface area contributed by atoms with Gasteiger partial charge in [-0.3, -0.25) is 4.90 Å². The minimum Gasteiger partial charge on any atom is -0.357 e. The van der Waals surface area contributed by atoms with Gasteiger partial charge in [0.15, 0.2) is 6.23 Å². The van der Waals surface area contributed by atoms with Crippen molar-refractivity contribution in [2.24, 2.45) is 0 Å². The molecule has 8 heteroatoms. The highest BCUT2D eigenvalue weighted by Crippen LogP contribution is 2.33. The fourth-order valence-corrected chi connectivity index (χ4v) is 2.09. The van der Waals surface area contributed by atoms with E-state index in [0.717, 1.165) is 4.90 Å². The molecule has 1 atom stereocenters. The number of para-hydroxylation sites is 1. The van der Waals surface area contributed by atoms with Gasteiger partial charge in [-0.05, 0) is 12.1 Å². The lowest BCUT2D eigenvalue weighted by atomic mass is 10.3. The first-order chi connectivity index (χ1) is 8.77. The summed E-state index contributed by atoms with van der Waals surface area (Å²) in [7, 11) is 2.66. The maximum atomic E-state index is 13.4. The largest absolute Gasteiger partial charge is 0.357 e. The number of nitrogens with one attached hydrogen (secondary N) is 1. The van der Waals surface area contributed by atoms with Crippen molar-refractivity contribution in [3.8, 4) is 0 Å². The minimum absolute atomic E-state index is 0.0264. The molecule has 0 aliphatic rings. The number of ether oxygens (including phenoxy) is 1. The number of rotatable bonds is 3. The third-order valence-electron chi connectivity index (χ3n) is 2.29. The summed E-state index contributed by atoms with van der Waals surface area (Å²) in [6.45, 7) is 0. The molecule has 0 aliphatic heterocycles. The van der Waals surface area contributed by atoms with Crippen molar-refractivity contribution in [3.05, 3.63) is 30.1 Å². The van der Waals surface area contributed by atoms with Crippen molar-refractivity contribution in [1.82, 2.24) is 4.90 Å². The number of hydrogen-bond donors (Lipinski definition) is 1. The van der Waals surface area contributed by atoms with Gasteiger partial charge in [0.2, 0.25) is 3.79 Å². The van der Waals surface area contributed by atoms with E-state index in [1.807, 2.05) is 0 Å². The lowest BCUT2D eigenvalue weighted by molar-refractivity contribution is 0.0110. The van der Waals surface area contributed by atoms with Crippen molar-refractivity contribution in [2.45, 2.75) is 10.0 Å². The molecule has 1 aromatic carbocycles. The molecule has 0 bridgehead atoms. The van der Waals surface area contributed by atoms with Crippen LogP contribution in [0.5, 0.6) is 0 Å². The highest BCUT2D eigenvalue weighted by molar-refractivity contribution is 6.68. The van der Waals surface area contributed by atoms with Crippen LogP contribution in [0, 0.1) is 5.82 Å². The number of methoxy groups -OCH3 is 1. The number of hydrogen-bond acceptors (Lipinski definition) is 2. The Labute approximate surface area is 125 Å². The van der Waals surface area contributed by atoms with E-state index in [1.54, 1.807) is 6.07 Å². The van der Waals surface area contributed by atoms with Gasteiger partial charge in [0.25, 0.3) is 0 Å². The molecule has 0 saturated heterocycles.